The van der Waals surface area contributed by atoms with Gasteiger partial charge in [0.15, 0.2) is 5.76 Å². The topological polar surface area (TPSA) is 87.0 Å². The summed E-state index contributed by atoms with van der Waals surface area (Å²) in [6.45, 7) is 3.10. The highest BCUT2D eigenvalue weighted by Crippen LogP contribution is 2.30. The molecule has 36 heavy (non-hydrogen) atoms. The molecule has 0 aliphatic carbocycles. The lowest BCUT2D eigenvalue weighted by molar-refractivity contribution is -0.126. The predicted molar refractivity (Wildman–Crippen MR) is 135 cm³/mol. The van der Waals surface area contributed by atoms with E-state index in [0.717, 1.165) is 23.4 Å². The Kier molecular flexibility index (Phi) is 7.14. The Hall–Kier alpha value is -3.90. The van der Waals surface area contributed by atoms with Crippen LogP contribution in [0, 0.1) is 11.8 Å². The third kappa shape index (κ3) is 5.34. The van der Waals surface area contributed by atoms with E-state index in [1.54, 1.807) is 26.8 Å². The summed E-state index contributed by atoms with van der Waals surface area (Å²) in [6, 6.07) is 12.8. The van der Waals surface area contributed by atoms with Gasteiger partial charge in [-0.15, -0.1) is 11.3 Å². The standard InChI is InChI=1S/C27H26N4O4S/c32-24(9-8-20-5-2-1-3-6-20)29-12-10-21(11-13-29)25-28-22(19-36-25)26(33)30-14-16-31(17-15-30)27(34)23-7-4-18-35-23/h1-7,18-19,21H,10-17H2. The van der Waals surface area contributed by atoms with Crippen LogP contribution in [0.2, 0.25) is 0 Å². The predicted octanol–water partition coefficient (Wildman–Crippen LogP) is 3.09. The fourth-order valence-electron chi connectivity index (χ4n) is 4.46. The molecule has 184 valence electrons. The molecule has 0 saturated carbocycles. The molecule has 5 rings (SSSR count). The van der Waals surface area contributed by atoms with Crippen LogP contribution >= 0.6 is 11.3 Å². The third-order valence-corrected chi connectivity index (χ3v) is 7.55. The zero-order chi connectivity index (χ0) is 24.9. The number of hydrogen-bond donors (Lipinski definition) is 0. The highest BCUT2D eigenvalue weighted by atomic mass is 32.1. The fourth-order valence-corrected chi connectivity index (χ4v) is 5.42. The van der Waals surface area contributed by atoms with Gasteiger partial charge in [-0.1, -0.05) is 24.1 Å². The van der Waals surface area contributed by atoms with Crippen molar-refractivity contribution in [3.8, 4) is 11.8 Å². The first-order valence-electron chi connectivity index (χ1n) is 12.0. The summed E-state index contributed by atoms with van der Waals surface area (Å²) in [6.07, 6.45) is 3.08. The number of nitrogens with zero attached hydrogens (tertiary/aromatic N) is 4. The van der Waals surface area contributed by atoms with E-state index in [4.69, 9.17) is 4.42 Å². The van der Waals surface area contributed by atoms with Crippen LogP contribution < -0.4 is 0 Å². The van der Waals surface area contributed by atoms with Gasteiger partial charge in [0.1, 0.15) is 5.69 Å². The summed E-state index contributed by atoms with van der Waals surface area (Å²) in [5, 5.41) is 2.76. The van der Waals surface area contributed by atoms with Crippen molar-refractivity contribution in [3.05, 3.63) is 76.1 Å². The van der Waals surface area contributed by atoms with Gasteiger partial charge in [0, 0.05) is 62.1 Å². The second-order valence-electron chi connectivity index (χ2n) is 8.82. The van der Waals surface area contributed by atoms with Crippen LogP contribution in [0.4, 0.5) is 0 Å². The van der Waals surface area contributed by atoms with Crippen molar-refractivity contribution in [2.75, 3.05) is 39.3 Å². The van der Waals surface area contributed by atoms with E-state index in [1.165, 1.54) is 17.6 Å². The molecule has 9 heteroatoms. The van der Waals surface area contributed by atoms with Crippen molar-refractivity contribution in [1.29, 1.82) is 0 Å². The molecule has 2 aliphatic heterocycles. The number of furan rings is 1. The molecule has 8 nitrogen and oxygen atoms in total. The van der Waals surface area contributed by atoms with Gasteiger partial charge in [-0.05, 0) is 37.1 Å². The molecular formula is C27H26N4O4S. The summed E-state index contributed by atoms with van der Waals surface area (Å²) >= 11 is 1.50. The number of hydrogen-bond acceptors (Lipinski definition) is 6. The smallest absolute Gasteiger partial charge is 0.298 e. The molecule has 0 radical (unpaired) electrons. The maximum atomic E-state index is 13.0. The van der Waals surface area contributed by atoms with Crippen LogP contribution in [0.3, 0.4) is 0 Å². The Labute approximate surface area is 213 Å². The number of carbonyl (C=O) groups is 3. The van der Waals surface area contributed by atoms with E-state index in [0.29, 0.717) is 50.7 Å². The Bertz CT molecular complexity index is 1280. The number of amides is 3. The van der Waals surface area contributed by atoms with Crippen molar-refractivity contribution < 1.29 is 18.8 Å². The molecule has 0 N–H and O–H groups in total. The first-order chi connectivity index (χ1) is 17.6. The first-order valence-corrected chi connectivity index (χ1v) is 12.9. The van der Waals surface area contributed by atoms with Gasteiger partial charge in [0.05, 0.1) is 11.3 Å². The fraction of sp³-hybridized carbons (Fsp3) is 0.333. The maximum absolute atomic E-state index is 13.0. The zero-order valence-electron chi connectivity index (χ0n) is 19.8. The number of piperidine rings is 1. The number of carbonyl (C=O) groups excluding carboxylic acids is 3. The molecule has 0 bridgehead atoms. The van der Waals surface area contributed by atoms with E-state index < -0.39 is 0 Å². The minimum Gasteiger partial charge on any atom is -0.459 e. The van der Waals surface area contributed by atoms with E-state index in [2.05, 4.69) is 16.8 Å². The molecule has 3 aromatic rings. The number of benzene rings is 1. The van der Waals surface area contributed by atoms with Gasteiger partial charge in [-0.3, -0.25) is 14.4 Å². The third-order valence-electron chi connectivity index (χ3n) is 6.55. The molecule has 2 aliphatic rings. The van der Waals surface area contributed by atoms with Gasteiger partial charge in [0.2, 0.25) is 0 Å². The van der Waals surface area contributed by atoms with E-state index in [-0.39, 0.29) is 23.6 Å². The Morgan fingerprint density at radius 2 is 1.56 bits per heavy atom. The maximum Gasteiger partial charge on any atom is 0.298 e. The number of rotatable bonds is 3. The molecule has 0 atom stereocenters. The van der Waals surface area contributed by atoms with Crippen LogP contribution in [-0.2, 0) is 4.79 Å². The molecule has 2 aromatic heterocycles. The average molecular weight is 503 g/mol. The Morgan fingerprint density at radius 3 is 2.22 bits per heavy atom. The molecule has 2 fully saturated rings. The Balaban J connectivity index is 1.12. The monoisotopic (exact) mass is 502 g/mol. The minimum atomic E-state index is -0.156. The molecule has 4 heterocycles. The lowest BCUT2D eigenvalue weighted by Gasteiger charge is -2.34. The van der Waals surface area contributed by atoms with Crippen LogP contribution in [0.5, 0.6) is 0 Å². The summed E-state index contributed by atoms with van der Waals surface area (Å²) in [7, 11) is 0. The normalized spacial score (nSPS) is 16.4. The van der Waals surface area contributed by atoms with Gasteiger partial charge in [0.25, 0.3) is 17.7 Å². The van der Waals surface area contributed by atoms with E-state index >= 15 is 0 Å². The van der Waals surface area contributed by atoms with Gasteiger partial charge in [-0.25, -0.2) is 4.98 Å². The van der Waals surface area contributed by atoms with Gasteiger partial charge in [-0.2, -0.15) is 0 Å². The summed E-state index contributed by atoms with van der Waals surface area (Å²) in [5.74, 6) is 5.80. The Morgan fingerprint density at radius 1 is 0.861 bits per heavy atom. The minimum absolute atomic E-state index is 0.105. The molecule has 1 aromatic carbocycles. The highest BCUT2D eigenvalue weighted by molar-refractivity contribution is 7.09. The largest absolute Gasteiger partial charge is 0.459 e. The number of thiazole rings is 1. The van der Waals surface area contributed by atoms with E-state index in [9.17, 15) is 14.4 Å². The zero-order valence-corrected chi connectivity index (χ0v) is 20.6. The SMILES string of the molecule is O=C(C#Cc1ccccc1)N1CCC(c2nc(C(=O)N3CCN(C(=O)c4ccco4)CC3)cs2)CC1. The lowest BCUT2D eigenvalue weighted by atomic mass is 9.97. The van der Waals surface area contributed by atoms with Crippen molar-refractivity contribution in [1.82, 2.24) is 19.7 Å². The molecule has 2 saturated heterocycles. The number of likely N-dealkylation sites (tertiary alicyclic amines) is 1. The van der Waals surface area contributed by atoms with Gasteiger partial charge < -0.3 is 19.1 Å². The van der Waals surface area contributed by atoms with Crippen molar-refractivity contribution in [2.24, 2.45) is 0 Å². The summed E-state index contributed by atoms with van der Waals surface area (Å²) in [4.78, 5) is 47.8. The highest BCUT2D eigenvalue weighted by Gasteiger charge is 2.29. The molecule has 0 spiro atoms. The summed E-state index contributed by atoms with van der Waals surface area (Å²) < 4.78 is 5.19. The summed E-state index contributed by atoms with van der Waals surface area (Å²) in [5.41, 5.74) is 1.28. The second-order valence-corrected chi connectivity index (χ2v) is 9.70. The van der Waals surface area contributed by atoms with Crippen LogP contribution in [0.15, 0.2) is 58.5 Å². The second kappa shape index (κ2) is 10.8. The van der Waals surface area contributed by atoms with Crippen molar-refractivity contribution >= 4 is 29.1 Å². The quantitative estimate of drug-likeness (QED) is 0.514. The van der Waals surface area contributed by atoms with Crippen LogP contribution in [0.25, 0.3) is 0 Å². The molecule has 3 amide bonds. The van der Waals surface area contributed by atoms with Crippen molar-refractivity contribution in [3.63, 3.8) is 0 Å². The van der Waals surface area contributed by atoms with Gasteiger partial charge >= 0.3 is 0 Å². The number of aromatic nitrogens is 1. The molecule has 0 unspecified atom stereocenters. The lowest BCUT2D eigenvalue weighted by Crippen LogP contribution is -2.50. The molecular weight excluding hydrogens is 476 g/mol. The average Bonchev–Trinajstić information content (AvgIpc) is 3.65. The number of piperazine rings is 1. The van der Waals surface area contributed by atoms with Crippen LogP contribution in [0.1, 0.15) is 50.4 Å². The van der Waals surface area contributed by atoms with Crippen LogP contribution in [-0.4, -0.2) is 76.7 Å². The van der Waals surface area contributed by atoms with E-state index in [1.807, 2.05) is 35.7 Å². The van der Waals surface area contributed by atoms with Crippen molar-refractivity contribution in [2.45, 2.75) is 18.8 Å². The first kappa shape index (κ1) is 23.8.